The van der Waals surface area contributed by atoms with Crippen LogP contribution in [0.1, 0.15) is 76.2 Å². The number of unbranched alkanes of at least 4 members (excludes halogenated alkanes) is 7. The molecule has 6 nitrogen and oxygen atoms in total. The lowest BCUT2D eigenvalue weighted by Crippen LogP contribution is -2.21. The highest BCUT2D eigenvalue weighted by Crippen LogP contribution is 2.18. The van der Waals surface area contributed by atoms with E-state index in [4.69, 9.17) is 20.2 Å². The molecule has 0 radical (unpaired) electrons. The van der Waals surface area contributed by atoms with E-state index in [0.29, 0.717) is 18.3 Å². The van der Waals surface area contributed by atoms with Gasteiger partial charge in [0.1, 0.15) is 0 Å². The van der Waals surface area contributed by atoms with Gasteiger partial charge < -0.3 is 15.4 Å². The Hall–Kier alpha value is -2.42. The Morgan fingerprint density at radius 2 is 1.53 bits per heavy atom. The quantitative estimate of drug-likeness (QED) is 0.361. The smallest absolute Gasteiger partial charge is 0.475 e. The van der Waals surface area contributed by atoms with Crippen LogP contribution in [-0.2, 0) is 17.6 Å². The maximum absolute atomic E-state index is 10.6. The molecule has 9 heteroatoms. The van der Waals surface area contributed by atoms with Gasteiger partial charge in [-0.25, -0.2) is 4.79 Å². The lowest BCUT2D eigenvalue weighted by Gasteiger charge is -2.03. The highest BCUT2D eigenvalue weighted by Gasteiger charge is 2.38. The lowest BCUT2D eigenvalue weighted by atomic mass is 10.0. The molecule has 0 atom stereocenters. The molecule has 1 aromatic carbocycles. The van der Waals surface area contributed by atoms with Crippen molar-refractivity contribution in [1.29, 1.82) is 0 Å². The first-order valence-corrected chi connectivity index (χ1v) is 11.2. The summed E-state index contributed by atoms with van der Waals surface area (Å²) in [5.41, 5.74) is 7.91. The van der Waals surface area contributed by atoms with Crippen molar-refractivity contribution in [3.05, 3.63) is 35.7 Å². The number of carbonyl (C=O) groups is 1. The molecule has 2 aromatic rings. The second-order valence-electron chi connectivity index (χ2n) is 7.63. The van der Waals surface area contributed by atoms with E-state index >= 15 is 0 Å². The molecular formula is C23H34F3N3O3. The molecule has 0 fully saturated rings. The van der Waals surface area contributed by atoms with Crippen molar-refractivity contribution >= 4 is 5.97 Å². The molecule has 1 aromatic heterocycles. The number of nitrogens with two attached hydrogens (primary N) is 1. The van der Waals surface area contributed by atoms with Crippen LogP contribution in [0.5, 0.6) is 0 Å². The van der Waals surface area contributed by atoms with Crippen molar-refractivity contribution in [1.82, 2.24) is 10.1 Å². The van der Waals surface area contributed by atoms with E-state index in [9.17, 15) is 13.2 Å². The monoisotopic (exact) mass is 457 g/mol. The predicted molar refractivity (Wildman–Crippen MR) is 117 cm³/mol. The van der Waals surface area contributed by atoms with Crippen molar-refractivity contribution < 1.29 is 27.6 Å². The number of nitrogens with zero attached hydrogens (tertiary/aromatic N) is 2. The molecule has 0 bridgehead atoms. The maximum Gasteiger partial charge on any atom is 0.490 e. The van der Waals surface area contributed by atoms with Gasteiger partial charge >= 0.3 is 12.1 Å². The van der Waals surface area contributed by atoms with Crippen molar-refractivity contribution in [3.63, 3.8) is 0 Å². The van der Waals surface area contributed by atoms with Crippen LogP contribution >= 0.6 is 0 Å². The van der Waals surface area contributed by atoms with Crippen LogP contribution in [0, 0.1) is 0 Å². The molecule has 0 aliphatic heterocycles. The molecule has 0 amide bonds. The zero-order valence-electron chi connectivity index (χ0n) is 18.7. The van der Waals surface area contributed by atoms with E-state index in [0.717, 1.165) is 24.8 Å². The average Bonchev–Trinajstić information content (AvgIpc) is 3.23. The molecule has 0 unspecified atom stereocenters. The molecule has 3 N–H and O–H groups in total. The van der Waals surface area contributed by atoms with Gasteiger partial charge in [-0.3, -0.25) is 0 Å². The van der Waals surface area contributed by atoms with Gasteiger partial charge in [-0.15, -0.1) is 0 Å². The van der Waals surface area contributed by atoms with Crippen LogP contribution in [0.2, 0.25) is 0 Å². The topological polar surface area (TPSA) is 102 Å². The van der Waals surface area contributed by atoms with Crippen molar-refractivity contribution in [2.75, 3.05) is 6.54 Å². The summed E-state index contributed by atoms with van der Waals surface area (Å²) >= 11 is 0. The van der Waals surface area contributed by atoms with Crippen LogP contribution in [-0.4, -0.2) is 33.9 Å². The Labute approximate surface area is 187 Å². The third-order valence-electron chi connectivity index (χ3n) is 4.84. The van der Waals surface area contributed by atoms with Crippen molar-refractivity contribution in [3.8, 4) is 11.4 Å². The third-order valence-corrected chi connectivity index (χ3v) is 4.84. The maximum atomic E-state index is 10.6. The second-order valence-corrected chi connectivity index (χ2v) is 7.63. The van der Waals surface area contributed by atoms with Crippen molar-refractivity contribution in [2.45, 2.75) is 83.7 Å². The molecule has 0 saturated carbocycles. The van der Waals surface area contributed by atoms with Gasteiger partial charge in [0.15, 0.2) is 0 Å². The Morgan fingerprint density at radius 3 is 2.06 bits per heavy atom. The molecule has 180 valence electrons. The number of aliphatic carboxylic acids is 1. The van der Waals surface area contributed by atoms with Gasteiger partial charge in [-0.05, 0) is 31.4 Å². The van der Waals surface area contributed by atoms with Gasteiger partial charge in [0, 0.05) is 12.0 Å². The fourth-order valence-corrected chi connectivity index (χ4v) is 3.01. The number of aryl methyl sites for hydroxylation is 2. The fraction of sp³-hybridized carbons (Fsp3) is 0.609. The van der Waals surface area contributed by atoms with Crippen LogP contribution < -0.4 is 5.73 Å². The largest absolute Gasteiger partial charge is 0.490 e. The standard InChI is InChI=1S/C21H33N3O.C2HF3O2/c1-2-3-4-5-6-7-8-9-11-18-13-15-19(16-14-18)21-23-20(25-24-21)12-10-17-22;3-2(4,5)1(6)7/h13-16H,2-12,17,22H2,1H3;(H,6,7). The highest BCUT2D eigenvalue weighted by atomic mass is 19.4. The van der Waals surface area contributed by atoms with E-state index in [1.165, 1.54) is 56.9 Å². The summed E-state index contributed by atoms with van der Waals surface area (Å²) in [4.78, 5) is 13.3. The first kappa shape index (κ1) is 27.6. The second kappa shape index (κ2) is 15.4. The minimum Gasteiger partial charge on any atom is -0.475 e. The first-order valence-electron chi connectivity index (χ1n) is 11.2. The van der Waals surface area contributed by atoms with E-state index in [1.54, 1.807) is 0 Å². The van der Waals surface area contributed by atoms with Gasteiger partial charge in [-0.1, -0.05) is 81.3 Å². The van der Waals surface area contributed by atoms with Crippen molar-refractivity contribution in [2.24, 2.45) is 5.73 Å². The number of benzene rings is 1. The van der Waals surface area contributed by atoms with Crippen LogP contribution in [0.15, 0.2) is 28.8 Å². The number of halogens is 3. The molecule has 0 aliphatic carbocycles. The summed E-state index contributed by atoms with van der Waals surface area (Å²) in [6.07, 6.45) is 8.60. The number of carboxylic acids is 1. The number of alkyl halides is 3. The number of hydrogen-bond donors (Lipinski definition) is 2. The van der Waals surface area contributed by atoms with E-state index < -0.39 is 12.1 Å². The number of aromatic nitrogens is 2. The summed E-state index contributed by atoms with van der Waals surface area (Å²) in [5, 5.41) is 11.2. The summed E-state index contributed by atoms with van der Waals surface area (Å²) in [6, 6.07) is 8.56. The lowest BCUT2D eigenvalue weighted by molar-refractivity contribution is -0.192. The Kier molecular flexibility index (Phi) is 13.3. The molecule has 0 spiro atoms. The zero-order valence-corrected chi connectivity index (χ0v) is 18.7. The minimum atomic E-state index is -5.08. The zero-order chi connectivity index (χ0) is 23.8. The van der Waals surface area contributed by atoms with Crippen LogP contribution in [0.25, 0.3) is 11.4 Å². The van der Waals surface area contributed by atoms with Gasteiger partial charge in [0.25, 0.3) is 0 Å². The van der Waals surface area contributed by atoms with Crippen LogP contribution in [0.3, 0.4) is 0 Å². The predicted octanol–water partition coefficient (Wildman–Crippen LogP) is 5.94. The molecular weight excluding hydrogens is 423 g/mol. The van der Waals surface area contributed by atoms with E-state index in [1.807, 2.05) is 0 Å². The Balaban J connectivity index is 0.000000633. The molecule has 0 aliphatic rings. The molecule has 32 heavy (non-hydrogen) atoms. The summed E-state index contributed by atoms with van der Waals surface area (Å²) in [6.45, 7) is 2.91. The molecule has 0 saturated heterocycles. The van der Waals surface area contributed by atoms with E-state index in [2.05, 4.69) is 41.3 Å². The number of carboxylic acid groups (broad SMARTS) is 1. The van der Waals surface area contributed by atoms with Gasteiger partial charge in [0.2, 0.25) is 11.7 Å². The number of hydrogen-bond acceptors (Lipinski definition) is 5. The fourth-order valence-electron chi connectivity index (χ4n) is 3.01. The van der Waals surface area contributed by atoms with Gasteiger partial charge in [0.05, 0.1) is 0 Å². The summed E-state index contributed by atoms with van der Waals surface area (Å²) in [5.74, 6) is -1.42. The normalized spacial score (nSPS) is 11.2. The first-order chi connectivity index (χ1) is 15.3. The summed E-state index contributed by atoms with van der Waals surface area (Å²) < 4.78 is 37.0. The minimum absolute atomic E-state index is 0.644. The van der Waals surface area contributed by atoms with Gasteiger partial charge in [-0.2, -0.15) is 18.2 Å². The SMILES string of the molecule is CCCCCCCCCCc1ccc(-c2noc(CCCN)n2)cc1.O=C(O)C(F)(F)F. The third kappa shape index (κ3) is 11.8. The Bertz CT molecular complexity index is 762. The Morgan fingerprint density at radius 1 is 0.969 bits per heavy atom. The van der Waals surface area contributed by atoms with Crippen LogP contribution in [0.4, 0.5) is 13.2 Å². The average molecular weight is 458 g/mol. The van der Waals surface area contributed by atoms with E-state index in [-0.39, 0.29) is 0 Å². The number of rotatable bonds is 13. The molecule has 2 rings (SSSR count). The summed E-state index contributed by atoms with van der Waals surface area (Å²) in [7, 11) is 0. The highest BCUT2D eigenvalue weighted by molar-refractivity contribution is 5.73. The molecule has 1 heterocycles.